The molecule has 0 aliphatic heterocycles. The van der Waals surface area contributed by atoms with Crippen LogP contribution in [0.2, 0.25) is 0 Å². The number of carbonyl (C=O) groups is 1. The zero-order valence-electron chi connectivity index (χ0n) is 7.00. The van der Waals surface area contributed by atoms with Crippen LogP contribution >= 0.6 is 0 Å². The zero-order chi connectivity index (χ0) is 9.14. The van der Waals surface area contributed by atoms with Gasteiger partial charge in [-0.1, -0.05) is 0 Å². The Hall–Kier alpha value is -1.58. The number of amides is 1. The Kier molecular flexibility index (Phi) is 2.28. The van der Waals surface area contributed by atoms with Gasteiger partial charge in [0.15, 0.2) is 0 Å². The van der Waals surface area contributed by atoms with Gasteiger partial charge in [0.05, 0.1) is 7.11 Å². The molecule has 4 heteroatoms. The van der Waals surface area contributed by atoms with E-state index in [2.05, 4.69) is 4.98 Å². The Morgan fingerprint density at radius 3 is 2.75 bits per heavy atom. The maximum Gasteiger partial charge on any atom is 0.267 e. The molecule has 1 aromatic rings. The lowest BCUT2D eigenvalue weighted by molar-refractivity contribution is 0.0994. The van der Waals surface area contributed by atoms with Crippen molar-refractivity contribution in [2.24, 2.45) is 5.73 Å². The third-order valence-electron chi connectivity index (χ3n) is 1.41. The maximum absolute atomic E-state index is 10.7. The highest BCUT2D eigenvalue weighted by Gasteiger charge is 2.04. The number of aromatic nitrogens is 1. The van der Waals surface area contributed by atoms with Crippen molar-refractivity contribution in [1.82, 2.24) is 4.98 Å². The number of nitrogens with two attached hydrogens (primary N) is 1. The first kappa shape index (κ1) is 8.52. The minimum Gasteiger partial charge on any atom is -0.481 e. The lowest BCUT2D eigenvalue weighted by atomic mass is 10.2. The highest BCUT2D eigenvalue weighted by molar-refractivity contribution is 5.91. The number of primary amides is 1. The molecule has 0 radical (unpaired) electrons. The molecular formula is C8H10N2O2. The molecule has 1 amide bonds. The van der Waals surface area contributed by atoms with Crippen molar-refractivity contribution < 1.29 is 9.53 Å². The van der Waals surface area contributed by atoms with Gasteiger partial charge in [-0.05, 0) is 18.6 Å². The first-order valence-electron chi connectivity index (χ1n) is 3.46. The van der Waals surface area contributed by atoms with E-state index in [1.165, 1.54) is 7.11 Å². The summed E-state index contributed by atoms with van der Waals surface area (Å²) >= 11 is 0. The van der Waals surface area contributed by atoms with Crippen molar-refractivity contribution in [2.45, 2.75) is 6.92 Å². The van der Waals surface area contributed by atoms with E-state index in [1.54, 1.807) is 12.1 Å². The van der Waals surface area contributed by atoms with E-state index in [9.17, 15) is 4.79 Å². The zero-order valence-corrected chi connectivity index (χ0v) is 7.00. The van der Waals surface area contributed by atoms with Gasteiger partial charge < -0.3 is 10.5 Å². The number of nitrogens with zero attached hydrogens (tertiary/aromatic N) is 1. The van der Waals surface area contributed by atoms with Crippen LogP contribution < -0.4 is 10.5 Å². The SMILES string of the molecule is COc1cc(C)cc(C(N)=O)n1. The monoisotopic (exact) mass is 166 g/mol. The fraction of sp³-hybridized carbons (Fsp3) is 0.250. The van der Waals surface area contributed by atoms with Crippen molar-refractivity contribution >= 4 is 5.91 Å². The number of hydrogen-bond donors (Lipinski definition) is 1. The van der Waals surface area contributed by atoms with Gasteiger partial charge in [-0.25, -0.2) is 4.98 Å². The van der Waals surface area contributed by atoms with Crippen LogP contribution in [-0.2, 0) is 0 Å². The summed E-state index contributed by atoms with van der Waals surface area (Å²) in [6.07, 6.45) is 0. The largest absolute Gasteiger partial charge is 0.481 e. The normalized spacial score (nSPS) is 9.50. The van der Waals surface area contributed by atoms with Crippen LogP contribution in [0.25, 0.3) is 0 Å². The van der Waals surface area contributed by atoms with E-state index >= 15 is 0 Å². The molecule has 1 aromatic heterocycles. The molecule has 0 saturated carbocycles. The molecule has 2 N–H and O–H groups in total. The highest BCUT2D eigenvalue weighted by atomic mass is 16.5. The standard InChI is InChI=1S/C8H10N2O2/c1-5-3-6(8(9)11)10-7(4-5)12-2/h3-4H,1-2H3,(H2,9,11). The lowest BCUT2D eigenvalue weighted by Crippen LogP contribution is -2.13. The summed E-state index contributed by atoms with van der Waals surface area (Å²) in [5, 5.41) is 0. The minimum atomic E-state index is -0.544. The second-order valence-corrected chi connectivity index (χ2v) is 2.44. The number of aryl methyl sites for hydroxylation is 1. The van der Waals surface area contributed by atoms with Crippen LogP contribution in [0.5, 0.6) is 5.88 Å². The second-order valence-electron chi connectivity index (χ2n) is 2.44. The molecule has 0 spiro atoms. The Morgan fingerprint density at radius 1 is 1.58 bits per heavy atom. The molecule has 0 aliphatic carbocycles. The van der Waals surface area contributed by atoms with Crippen molar-refractivity contribution in [3.05, 3.63) is 23.4 Å². The summed E-state index contributed by atoms with van der Waals surface area (Å²) in [6.45, 7) is 1.84. The number of pyridine rings is 1. The van der Waals surface area contributed by atoms with Gasteiger partial charge in [0.25, 0.3) is 5.91 Å². The molecule has 0 bridgehead atoms. The van der Waals surface area contributed by atoms with Crippen molar-refractivity contribution in [3.63, 3.8) is 0 Å². The maximum atomic E-state index is 10.7. The topological polar surface area (TPSA) is 65.2 Å². The van der Waals surface area contributed by atoms with E-state index in [0.717, 1.165) is 5.56 Å². The molecule has 0 aliphatic rings. The molecule has 0 atom stereocenters. The van der Waals surface area contributed by atoms with Gasteiger partial charge in [-0.15, -0.1) is 0 Å². The lowest BCUT2D eigenvalue weighted by Gasteiger charge is -2.01. The Labute approximate surface area is 70.4 Å². The van der Waals surface area contributed by atoms with Gasteiger partial charge in [-0.2, -0.15) is 0 Å². The van der Waals surface area contributed by atoms with Crippen molar-refractivity contribution in [3.8, 4) is 5.88 Å². The molecule has 0 aromatic carbocycles. The number of ether oxygens (including phenoxy) is 1. The molecule has 12 heavy (non-hydrogen) atoms. The molecule has 0 fully saturated rings. The average molecular weight is 166 g/mol. The fourth-order valence-corrected chi connectivity index (χ4v) is 0.866. The number of methoxy groups -OCH3 is 1. The van der Waals surface area contributed by atoms with Crippen molar-refractivity contribution in [1.29, 1.82) is 0 Å². The molecule has 4 nitrogen and oxygen atoms in total. The van der Waals surface area contributed by atoms with Gasteiger partial charge in [0.1, 0.15) is 5.69 Å². The number of carbonyl (C=O) groups excluding carboxylic acids is 1. The average Bonchev–Trinajstić information content (AvgIpc) is 2.03. The van der Waals surface area contributed by atoms with Gasteiger partial charge in [-0.3, -0.25) is 4.79 Å². The van der Waals surface area contributed by atoms with Gasteiger partial charge in [0.2, 0.25) is 5.88 Å². The van der Waals surface area contributed by atoms with Crippen LogP contribution in [0.3, 0.4) is 0 Å². The molecule has 0 unspecified atom stereocenters. The predicted octanol–water partition coefficient (Wildman–Crippen LogP) is 0.498. The van der Waals surface area contributed by atoms with Gasteiger partial charge >= 0.3 is 0 Å². The van der Waals surface area contributed by atoms with Gasteiger partial charge in [0, 0.05) is 6.07 Å². The smallest absolute Gasteiger partial charge is 0.267 e. The molecule has 1 rings (SSSR count). The van der Waals surface area contributed by atoms with E-state index in [0.29, 0.717) is 5.88 Å². The van der Waals surface area contributed by atoms with E-state index in [-0.39, 0.29) is 5.69 Å². The molecule has 1 heterocycles. The third kappa shape index (κ3) is 1.72. The molecule has 64 valence electrons. The first-order valence-corrected chi connectivity index (χ1v) is 3.46. The summed E-state index contributed by atoms with van der Waals surface area (Å²) in [4.78, 5) is 14.6. The summed E-state index contributed by atoms with van der Waals surface area (Å²) < 4.78 is 4.87. The number of rotatable bonds is 2. The van der Waals surface area contributed by atoms with E-state index in [1.807, 2.05) is 6.92 Å². The number of hydrogen-bond acceptors (Lipinski definition) is 3. The quantitative estimate of drug-likeness (QED) is 0.695. The minimum absolute atomic E-state index is 0.229. The molecular weight excluding hydrogens is 156 g/mol. The predicted molar refractivity (Wildman–Crippen MR) is 44.0 cm³/mol. The Morgan fingerprint density at radius 2 is 2.25 bits per heavy atom. The summed E-state index contributed by atoms with van der Waals surface area (Å²) in [5.41, 5.74) is 6.18. The van der Waals surface area contributed by atoms with E-state index < -0.39 is 5.91 Å². The third-order valence-corrected chi connectivity index (χ3v) is 1.41. The van der Waals surface area contributed by atoms with E-state index in [4.69, 9.17) is 10.5 Å². The second kappa shape index (κ2) is 3.21. The van der Waals surface area contributed by atoms with Crippen LogP contribution in [-0.4, -0.2) is 18.0 Å². The first-order chi connectivity index (χ1) is 5.63. The van der Waals surface area contributed by atoms with Crippen molar-refractivity contribution in [2.75, 3.05) is 7.11 Å². The highest BCUT2D eigenvalue weighted by Crippen LogP contribution is 2.10. The van der Waals surface area contributed by atoms with Crippen LogP contribution in [0.15, 0.2) is 12.1 Å². The Balaban J connectivity index is 3.15. The Bertz CT molecular complexity index is 310. The summed E-state index contributed by atoms with van der Waals surface area (Å²) in [7, 11) is 1.49. The summed E-state index contributed by atoms with van der Waals surface area (Å²) in [6, 6.07) is 3.34. The van der Waals surface area contributed by atoms with Crippen LogP contribution in [0, 0.1) is 6.92 Å². The van der Waals surface area contributed by atoms with Crippen LogP contribution in [0.1, 0.15) is 16.1 Å². The molecule has 0 saturated heterocycles. The fourth-order valence-electron chi connectivity index (χ4n) is 0.866. The van der Waals surface area contributed by atoms with Crippen LogP contribution in [0.4, 0.5) is 0 Å². The summed E-state index contributed by atoms with van der Waals surface area (Å²) in [5.74, 6) is -0.138.